The molecule has 0 unspecified atom stereocenters. The summed E-state index contributed by atoms with van der Waals surface area (Å²) in [4.78, 5) is 11.5. The zero-order valence-corrected chi connectivity index (χ0v) is 9.97. The molecule has 3 heteroatoms. The van der Waals surface area contributed by atoms with Crippen LogP contribution in [0.25, 0.3) is 16.8 Å². The molecule has 0 saturated carbocycles. The second kappa shape index (κ2) is 4.18. The quantitative estimate of drug-likeness (QED) is 0.719. The van der Waals surface area contributed by atoms with Gasteiger partial charge in [-0.05, 0) is 29.7 Å². The lowest BCUT2D eigenvalue weighted by molar-refractivity contribution is 0.0601. The molecule has 3 rings (SSSR count). The van der Waals surface area contributed by atoms with E-state index in [9.17, 15) is 4.79 Å². The summed E-state index contributed by atoms with van der Waals surface area (Å²) in [6, 6.07) is 9.47. The molecule has 0 atom stereocenters. The van der Waals surface area contributed by atoms with Crippen LogP contribution in [-0.2, 0) is 4.74 Å². The summed E-state index contributed by atoms with van der Waals surface area (Å²) >= 11 is 0. The molecule has 0 radical (unpaired) electrons. The normalized spacial score (nSPS) is 12.9. The van der Waals surface area contributed by atoms with Gasteiger partial charge in [0.05, 0.1) is 12.7 Å². The fraction of sp³-hybridized carbons (Fsp3) is 0.133. The molecule has 0 amide bonds. The van der Waals surface area contributed by atoms with Crippen molar-refractivity contribution in [2.24, 2.45) is 0 Å². The SMILES string of the molecule is COC(=O)c1ccc2c3c(ccc2c1)C=CCO3. The molecule has 1 heterocycles. The number of benzene rings is 2. The van der Waals surface area contributed by atoms with E-state index in [-0.39, 0.29) is 5.97 Å². The lowest BCUT2D eigenvalue weighted by Gasteiger charge is -2.15. The van der Waals surface area contributed by atoms with Crippen LogP contribution in [0.4, 0.5) is 0 Å². The second-order valence-electron chi connectivity index (χ2n) is 4.12. The van der Waals surface area contributed by atoms with Gasteiger partial charge in [0, 0.05) is 10.9 Å². The number of hydrogen-bond donors (Lipinski definition) is 0. The predicted molar refractivity (Wildman–Crippen MR) is 69.8 cm³/mol. The van der Waals surface area contributed by atoms with Crippen molar-refractivity contribution in [3.8, 4) is 5.75 Å². The molecular formula is C15H12O3. The van der Waals surface area contributed by atoms with Crippen molar-refractivity contribution in [1.82, 2.24) is 0 Å². The minimum atomic E-state index is -0.324. The van der Waals surface area contributed by atoms with Crippen molar-refractivity contribution < 1.29 is 14.3 Å². The summed E-state index contributed by atoms with van der Waals surface area (Å²) in [7, 11) is 1.38. The van der Waals surface area contributed by atoms with Gasteiger partial charge in [0.2, 0.25) is 0 Å². The number of esters is 1. The van der Waals surface area contributed by atoms with Crippen molar-refractivity contribution in [2.75, 3.05) is 13.7 Å². The first kappa shape index (κ1) is 10.8. The molecule has 0 aliphatic carbocycles. The lowest BCUT2D eigenvalue weighted by atomic mass is 10.0. The average Bonchev–Trinajstić information content (AvgIpc) is 2.45. The van der Waals surface area contributed by atoms with E-state index in [0.717, 1.165) is 22.1 Å². The first-order valence-corrected chi connectivity index (χ1v) is 5.74. The van der Waals surface area contributed by atoms with Gasteiger partial charge in [0.25, 0.3) is 0 Å². The van der Waals surface area contributed by atoms with Gasteiger partial charge in [-0.15, -0.1) is 0 Å². The lowest BCUT2D eigenvalue weighted by Crippen LogP contribution is -2.03. The summed E-state index contributed by atoms with van der Waals surface area (Å²) < 4.78 is 10.4. The Balaban J connectivity index is 2.20. The van der Waals surface area contributed by atoms with Gasteiger partial charge >= 0.3 is 5.97 Å². The molecule has 1 aliphatic heterocycles. The molecule has 0 aromatic heterocycles. The first-order valence-electron chi connectivity index (χ1n) is 5.74. The molecule has 3 nitrogen and oxygen atoms in total. The Morgan fingerprint density at radius 3 is 3.00 bits per heavy atom. The van der Waals surface area contributed by atoms with Crippen LogP contribution in [0.5, 0.6) is 5.75 Å². The zero-order valence-electron chi connectivity index (χ0n) is 9.97. The molecule has 90 valence electrons. The van der Waals surface area contributed by atoms with E-state index in [1.165, 1.54) is 7.11 Å². The van der Waals surface area contributed by atoms with E-state index >= 15 is 0 Å². The maximum absolute atomic E-state index is 11.5. The fourth-order valence-electron chi connectivity index (χ4n) is 2.16. The van der Waals surface area contributed by atoms with E-state index in [1.807, 2.05) is 36.4 Å². The van der Waals surface area contributed by atoms with E-state index < -0.39 is 0 Å². The third-order valence-corrected chi connectivity index (χ3v) is 3.04. The van der Waals surface area contributed by atoms with Gasteiger partial charge < -0.3 is 9.47 Å². The van der Waals surface area contributed by atoms with Crippen LogP contribution in [0.2, 0.25) is 0 Å². The Morgan fingerprint density at radius 2 is 2.17 bits per heavy atom. The van der Waals surface area contributed by atoms with Crippen LogP contribution in [0.15, 0.2) is 36.4 Å². The maximum Gasteiger partial charge on any atom is 0.337 e. The Morgan fingerprint density at radius 1 is 1.28 bits per heavy atom. The summed E-state index contributed by atoms with van der Waals surface area (Å²) in [6.45, 7) is 0.588. The van der Waals surface area contributed by atoms with Crippen molar-refractivity contribution in [3.05, 3.63) is 47.5 Å². The maximum atomic E-state index is 11.5. The second-order valence-corrected chi connectivity index (χ2v) is 4.12. The fourth-order valence-corrected chi connectivity index (χ4v) is 2.16. The minimum Gasteiger partial charge on any atom is -0.488 e. The highest BCUT2D eigenvalue weighted by molar-refractivity contribution is 5.98. The topological polar surface area (TPSA) is 35.5 Å². The largest absolute Gasteiger partial charge is 0.488 e. The van der Waals surface area contributed by atoms with Crippen LogP contribution in [0.3, 0.4) is 0 Å². The average molecular weight is 240 g/mol. The summed E-state index contributed by atoms with van der Waals surface area (Å²) in [6.07, 6.45) is 4.03. The summed E-state index contributed by atoms with van der Waals surface area (Å²) in [5, 5.41) is 2.00. The number of hydrogen-bond acceptors (Lipinski definition) is 3. The molecule has 1 aliphatic rings. The number of rotatable bonds is 1. The van der Waals surface area contributed by atoms with E-state index in [1.54, 1.807) is 6.07 Å². The van der Waals surface area contributed by atoms with Gasteiger partial charge in [-0.2, -0.15) is 0 Å². The summed E-state index contributed by atoms with van der Waals surface area (Å²) in [5.41, 5.74) is 1.62. The Bertz CT molecular complexity index is 656. The number of fused-ring (bicyclic) bond motifs is 3. The molecule has 0 bridgehead atoms. The van der Waals surface area contributed by atoms with Gasteiger partial charge in [-0.3, -0.25) is 0 Å². The van der Waals surface area contributed by atoms with Crippen LogP contribution in [0, 0.1) is 0 Å². The first-order chi connectivity index (χ1) is 8.79. The van der Waals surface area contributed by atoms with Crippen LogP contribution < -0.4 is 4.74 Å². The molecular weight excluding hydrogens is 228 g/mol. The summed E-state index contributed by atoms with van der Waals surface area (Å²) in [5.74, 6) is 0.557. The number of carbonyl (C=O) groups excluding carboxylic acids is 1. The zero-order chi connectivity index (χ0) is 12.5. The van der Waals surface area contributed by atoms with E-state index in [0.29, 0.717) is 12.2 Å². The molecule has 0 fully saturated rings. The van der Waals surface area contributed by atoms with Crippen molar-refractivity contribution in [2.45, 2.75) is 0 Å². The molecule has 2 aromatic rings. The van der Waals surface area contributed by atoms with Gasteiger partial charge in [0.15, 0.2) is 0 Å². The smallest absolute Gasteiger partial charge is 0.337 e. The number of carbonyl (C=O) groups is 1. The van der Waals surface area contributed by atoms with Crippen molar-refractivity contribution >= 4 is 22.8 Å². The molecule has 2 aromatic carbocycles. The molecule has 0 N–H and O–H groups in total. The highest BCUT2D eigenvalue weighted by atomic mass is 16.5. The van der Waals surface area contributed by atoms with Gasteiger partial charge in [-0.25, -0.2) is 4.79 Å². The Kier molecular flexibility index (Phi) is 2.52. The number of ether oxygens (including phenoxy) is 2. The van der Waals surface area contributed by atoms with E-state index in [2.05, 4.69) is 0 Å². The van der Waals surface area contributed by atoms with Crippen molar-refractivity contribution in [1.29, 1.82) is 0 Å². The van der Waals surface area contributed by atoms with Gasteiger partial charge in [0.1, 0.15) is 12.4 Å². The molecule has 18 heavy (non-hydrogen) atoms. The Hall–Kier alpha value is -2.29. The third kappa shape index (κ3) is 1.64. The molecule has 0 saturated heterocycles. The van der Waals surface area contributed by atoms with Crippen LogP contribution in [0.1, 0.15) is 15.9 Å². The Labute approximate surface area is 105 Å². The predicted octanol–water partition coefficient (Wildman–Crippen LogP) is 3.03. The minimum absolute atomic E-state index is 0.324. The highest BCUT2D eigenvalue weighted by Crippen LogP contribution is 2.33. The highest BCUT2D eigenvalue weighted by Gasteiger charge is 2.12. The van der Waals surface area contributed by atoms with Crippen LogP contribution in [-0.4, -0.2) is 19.7 Å². The van der Waals surface area contributed by atoms with Crippen molar-refractivity contribution in [3.63, 3.8) is 0 Å². The standard InChI is InChI=1S/C15H12O3/c1-17-15(16)12-6-7-13-11(9-12)5-4-10-3-2-8-18-14(10)13/h2-7,9H,8H2,1H3. The van der Waals surface area contributed by atoms with Crippen LogP contribution >= 0.6 is 0 Å². The van der Waals surface area contributed by atoms with E-state index in [4.69, 9.17) is 9.47 Å². The third-order valence-electron chi connectivity index (χ3n) is 3.04. The number of methoxy groups -OCH3 is 1. The van der Waals surface area contributed by atoms with Gasteiger partial charge in [-0.1, -0.05) is 18.2 Å². The monoisotopic (exact) mass is 240 g/mol. The molecule has 0 spiro atoms.